The van der Waals surface area contributed by atoms with E-state index >= 15 is 0 Å². The van der Waals surface area contributed by atoms with E-state index in [1.807, 2.05) is 60.7 Å². The van der Waals surface area contributed by atoms with Gasteiger partial charge in [-0.25, -0.2) is 0 Å². The number of halogens is 3. The number of nitrogens with zero attached hydrogens (tertiary/aromatic N) is 2. The van der Waals surface area contributed by atoms with Gasteiger partial charge in [-0.3, -0.25) is 0 Å². The number of hydrogen-bond acceptors (Lipinski definition) is 11. The smallest absolute Gasteiger partial charge is 0.160 e. The van der Waals surface area contributed by atoms with Gasteiger partial charge in [-0.05, 0) is 164 Å². The predicted molar refractivity (Wildman–Crippen MR) is 565 cm³/mol. The van der Waals surface area contributed by atoms with E-state index in [1.54, 1.807) is 0 Å². The molecule has 9 aromatic heterocycles. The van der Waals surface area contributed by atoms with Crippen LogP contribution in [0.3, 0.4) is 0 Å². The summed E-state index contributed by atoms with van der Waals surface area (Å²) in [5, 5.41) is 18.5. The fourth-order valence-corrected chi connectivity index (χ4v) is 21.5. The van der Waals surface area contributed by atoms with E-state index in [4.69, 9.17) is 39.8 Å². The first-order valence-corrected chi connectivity index (χ1v) is 46.2. The lowest BCUT2D eigenvalue weighted by molar-refractivity contribution is 0.571. The molecule has 0 saturated heterocycles. The molecule has 0 aliphatic rings. The van der Waals surface area contributed by atoms with Crippen LogP contribution in [0, 0.1) is 20.8 Å². The minimum atomic E-state index is -0.143. The lowest BCUT2D eigenvalue weighted by atomic mass is 9.86. The summed E-state index contributed by atoms with van der Waals surface area (Å²) in [5.74, 6) is 0. The molecule has 0 amide bonds. The minimum Gasteiger partial charge on any atom is -0.456 e. The van der Waals surface area contributed by atoms with Crippen molar-refractivity contribution in [1.82, 2.24) is 0 Å². The molecule has 26 rings (SSSR count). The van der Waals surface area contributed by atoms with Gasteiger partial charge in [0.2, 0.25) is 0 Å². The average molecular weight is 1970 g/mol. The molecule has 0 saturated carbocycles. The van der Waals surface area contributed by atoms with E-state index in [-0.39, 0.29) is 40.2 Å². The summed E-state index contributed by atoms with van der Waals surface area (Å²) < 4.78 is 63.2. The standard InChI is InChI=1S/C70H54N2O5.C24H10Br2O3.C24H24O.HI/c1-39-19-13-21-41(35-39)71(51-31-17-27-45-43-25-15-29-49(69(3,4)5)63(43)76-65(45)51)53-37-58-62(68-59(53)47-23-9-11-33-55(47)75-68)61-57(73-58)38-54(67-60(61)48-24-10-12-34-56(48)74-67)72(42-22-14-20-40(2)36-42)52-32-18-28-46-44-26-16-30-50(70(6,7)8)64(44)77-66(46)52;25-13-9-18-22(24-19(13)11-5-1-3-7-15(11)29-24)21-17(27-18)10-14(26)23-20(21)12-6-2-4-8-16(12)28-23;1-16-8-5-9-17(14-16)15-18-10-6-11-19-20-12-7-13-21(24(2,3)4)23(20)25-22(18)19;/h9-38H,1-8H3;1-10H;5-14H,15H2,1-4H3;1H. The maximum atomic E-state index is 7.43. The molecule has 11 nitrogen and oxygen atoms in total. The number of furan rings is 9. The van der Waals surface area contributed by atoms with Crippen LogP contribution in [0.25, 0.3) is 197 Å². The Labute approximate surface area is 792 Å². The number of anilines is 6. The van der Waals surface area contributed by atoms with Crippen molar-refractivity contribution >= 4 is 287 Å². The Balaban J connectivity index is 0.000000145. The first kappa shape index (κ1) is 82.6. The molecule has 0 atom stereocenters. The zero-order valence-corrected chi connectivity index (χ0v) is 80.3. The van der Waals surface area contributed by atoms with Crippen molar-refractivity contribution in [2.75, 3.05) is 9.80 Å². The largest absolute Gasteiger partial charge is 0.456 e. The summed E-state index contributed by atoms with van der Waals surface area (Å²) >= 11 is 7.38. The molecule has 0 aliphatic carbocycles. The van der Waals surface area contributed by atoms with E-state index in [2.05, 4.69) is 367 Å². The van der Waals surface area contributed by atoms with Gasteiger partial charge >= 0.3 is 0 Å². The highest BCUT2D eigenvalue weighted by Gasteiger charge is 2.35. The van der Waals surface area contributed by atoms with Crippen molar-refractivity contribution in [2.24, 2.45) is 0 Å². The van der Waals surface area contributed by atoms with Crippen LogP contribution in [-0.4, -0.2) is 0 Å². The van der Waals surface area contributed by atoms with Crippen LogP contribution in [0.4, 0.5) is 34.1 Å². The third-order valence-corrected chi connectivity index (χ3v) is 27.5. The van der Waals surface area contributed by atoms with E-state index in [9.17, 15) is 0 Å². The van der Waals surface area contributed by atoms with E-state index in [1.165, 1.54) is 33.0 Å². The highest BCUT2D eigenvalue weighted by molar-refractivity contribution is 14.0. The molecule has 0 spiro atoms. The molecule has 0 unspecified atom stereocenters. The van der Waals surface area contributed by atoms with Crippen LogP contribution in [0.15, 0.2) is 352 Å². The molecular weight excluding hydrogens is 1880 g/mol. The average Bonchev–Trinajstić information content (AvgIpc) is 1.53. The second kappa shape index (κ2) is 30.9. The Morgan fingerprint density at radius 2 is 0.568 bits per heavy atom. The normalized spacial score (nSPS) is 12.4. The Morgan fingerprint density at radius 1 is 0.227 bits per heavy atom. The molecule has 9 heterocycles. The number of benzene rings is 17. The molecular formula is C118H89Br2IN2O9. The number of rotatable bonds is 8. The first-order chi connectivity index (χ1) is 63.4. The van der Waals surface area contributed by atoms with Gasteiger partial charge in [0.15, 0.2) is 16.7 Å². The Kier molecular flexibility index (Phi) is 19.4. The molecule has 0 aliphatic heterocycles. The molecule has 0 radical (unpaired) electrons. The fourth-order valence-electron chi connectivity index (χ4n) is 20.4. The van der Waals surface area contributed by atoms with Gasteiger partial charge in [-0.15, -0.1) is 24.0 Å². The number of fused-ring (bicyclic) bond motifs is 31. The zero-order chi connectivity index (χ0) is 89.1. The molecule has 26 aromatic rings. The molecule has 14 heteroatoms. The van der Waals surface area contributed by atoms with Crippen LogP contribution in [0.5, 0.6) is 0 Å². The van der Waals surface area contributed by atoms with Gasteiger partial charge in [0, 0.05) is 132 Å². The summed E-state index contributed by atoms with van der Waals surface area (Å²) in [6.45, 7) is 26.6. The fraction of sp³-hybridized carbons (Fsp3) is 0.136. The zero-order valence-electron chi connectivity index (χ0n) is 74.8. The van der Waals surface area contributed by atoms with E-state index in [0.29, 0.717) is 16.7 Å². The van der Waals surface area contributed by atoms with Crippen molar-refractivity contribution < 1.29 is 39.8 Å². The monoisotopic (exact) mass is 1960 g/mol. The molecule has 646 valence electrons. The van der Waals surface area contributed by atoms with E-state index < -0.39 is 0 Å². The van der Waals surface area contributed by atoms with Gasteiger partial charge in [0.1, 0.15) is 83.7 Å². The van der Waals surface area contributed by atoms with Crippen LogP contribution in [0.2, 0.25) is 0 Å². The van der Waals surface area contributed by atoms with Crippen molar-refractivity contribution in [3.8, 4) is 0 Å². The first-order valence-electron chi connectivity index (χ1n) is 44.6. The molecule has 132 heavy (non-hydrogen) atoms. The third kappa shape index (κ3) is 13.2. The Morgan fingerprint density at radius 3 is 1.05 bits per heavy atom. The van der Waals surface area contributed by atoms with Crippen molar-refractivity contribution in [3.05, 3.63) is 357 Å². The molecule has 0 bridgehead atoms. The quantitative estimate of drug-likeness (QED) is 0.135. The van der Waals surface area contributed by atoms with Crippen molar-refractivity contribution in [2.45, 2.75) is 106 Å². The second-order valence-electron chi connectivity index (χ2n) is 38.1. The maximum Gasteiger partial charge on any atom is 0.160 e. The summed E-state index contributed by atoms with van der Waals surface area (Å²) in [6, 6.07) is 106. The van der Waals surface area contributed by atoms with E-state index in [0.717, 1.165) is 242 Å². The summed E-state index contributed by atoms with van der Waals surface area (Å²) in [7, 11) is 0. The number of aryl methyl sites for hydroxylation is 3. The lowest BCUT2D eigenvalue weighted by Gasteiger charge is -2.26. The SMILES string of the molecule is Brc1cc2oc3cc(Br)c4c5ccccc5oc4c3c2c2c1oc1ccccc12.Cc1cccc(Cc2cccc3c2oc2c(C(C)(C)C)cccc23)c1.Cc1cccc(N(c2cccc3c2oc2c(C(C)(C)C)cccc23)c2cc3oc4cc(N(c5cccc(C)c5)c5cccc6c5oc5c(C(C)(C)C)cccc56)c5c6ccccc6oc5c4c3c3c2oc2ccccc23)c1.I. The van der Waals surface area contributed by atoms with Crippen LogP contribution in [-0.2, 0) is 22.7 Å². The molecule has 17 aromatic carbocycles. The van der Waals surface area contributed by atoms with Gasteiger partial charge in [0.25, 0.3) is 0 Å². The molecule has 0 fully saturated rings. The van der Waals surface area contributed by atoms with Crippen LogP contribution >= 0.6 is 55.8 Å². The van der Waals surface area contributed by atoms with Gasteiger partial charge in [-0.1, -0.05) is 286 Å². The molecule has 0 N–H and O–H groups in total. The highest BCUT2D eigenvalue weighted by Crippen LogP contribution is 2.57. The highest BCUT2D eigenvalue weighted by atomic mass is 127. The second-order valence-corrected chi connectivity index (χ2v) is 39.8. The summed E-state index contributed by atoms with van der Waals surface area (Å²) in [5.41, 5.74) is 29.6. The Hall–Kier alpha value is -13.8. The van der Waals surface area contributed by atoms with Crippen molar-refractivity contribution in [3.63, 3.8) is 0 Å². The van der Waals surface area contributed by atoms with Gasteiger partial charge in [0.05, 0.1) is 43.4 Å². The maximum absolute atomic E-state index is 7.43. The summed E-state index contributed by atoms with van der Waals surface area (Å²) in [4.78, 5) is 4.62. The van der Waals surface area contributed by atoms with Gasteiger partial charge in [-0.2, -0.15) is 0 Å². The minimum absolute atomic E-state index is 0. The number of para-hydroxylation sites is 10. The van der Waals surface area contributed by atoms with Gasteiger partial charge < -0.3 is 49.6 Å². The third-order valence-electron chi connectivity index (χ3n) is 26.3. The van der Waals surface area contributed by atoms with Crippen LogP contribution in [0.1, 0.15) is 107 Å². The Bertz CT molecular complexity index is 9270. The van der Waals surface area contributed by atoms with Crippen LogP contribution < -0.4 is 9.80 Å². The van der Waals surface area contributed by atoms with Crippen molar-refractivity contribution in [1.29, 1.82) is 0 Å². The predicted octanol–water partition coefficient (Wildman–Crippen LogP) is 37.6. The number of hydrogen-bond donors (Lipinski definition) is 0. The lowest BCUT2D eigenvalue weighted by Crippen LogP contribution is -2.11. The topological polar surface area (TPSA) is 125 Å². The summed E-state index contributed by atoms with van der Waals surface area (Å²) in [6.07, 6.45) is 0.893.